The molecule has 2 aromatic rings. The fourth-order valence-corrected chi connectivity index (χ4v) is 4.90. The summed E-state index contributed by atoms with van der Waals surface area (Å²) in [5.74, 6) is 0.0113. The third-order valence-corrected chi connectivity index (χ3v) is 7.12. The van der Waals surface area contributed by atoms with Gasteiger partial charge in [-0.1, -0.05) is 6.07 Å². The summed E-state index contributed by atoms with van der Waals surface area (Å²) in [5, 5.41) is 49.9. The maximum atomic E-state index is 12.6. The van der Waals surface area contributed by atoms with Crippen LogP contribution in [0.4, 0.5) is 0 Å². The number of hydrogen-bond acceptors (Lipinski definition) is 12. The molecule has 39 heavy (non-hydrogen) atoms. The molecule has 214 valence electrons. The molecule has 5 unspecified atom stereocenters. The molecule has 7 atom stereocenters. The average molecular weight is 551 g/mol. The maximum Gasteiger partial charge on any atom is 0.309 e. The van der Waals surface area contributed by atoms with Gasteiger partial charge in [-0.05, 0) is 48.2 Å². The smallest absolute Gasteiger partial charge is 0.309 e. The zero-order valence-electron chi connectivity index (χ0n) is 21.9. The van der Waals surface area contributed by atoms with Crippen LogP contribution in [0.25, 0.3) is 0 Å². The summed E-state index contributed by atoms with van der Waals surface area (Å²) in [7, 11) is 4.32. The van der Waals surface area contributed by atoms with E-state index in [1.165, 1.54) is 21.3 Å². The molecule has 2 aliphatic rings. The van der Waals surface area contributed by atoms with Crippen LogP contribution in [-0.2, 0) is 27.1 Å². The average Bonchev–Trinajstić information content (AvgIpc) is 3.28. The number of carbonyl (C=O) groups is 1. The Morgan fingerprint density at radius 3 is 2.10 bits per heavy atom. The first-order chi connectivity index (χ1) is 18.7. The van der Waals surface area contributed by atoms with Crippen molar-refractivity contribution in [2.75, 3.05) is 34.5 Å². The van der Waals surface area contributed by atoms with Crippen LogP contribution >= 0.6 is 0 Å². The number of benzene rings is 2. The molecule has 2 heterocycles. The van der Waals surface area contributed by atoms with Crippen molar-refractivity contribution >= 4 is 5.97 Å². The second-order valence-corrected chi connectivity index (χ2v) is 9.55. The highest BCUT2D eigenvalue weighted by atomic mass is 16.7. The molecule has 2 aromatic carbocycles. The van der Waals surface area contributed by atoms with Gasteiger partial charge in [-0.2, -0.15) is 0 Å². The summed E-state index contributed by atoms with van der Waals surface area (Å²) in [5.41, 5.74) is 1.58. The first-order valence-electron chi connectivity index (χ1n) is 12.4. The Kier molecular flexibility index (Phi) is 9.03. The standard InChI is InChI=1S/C27H34O12/c1-34-18-8-13(4-5-17(18)38-27-25(32)24(31)23(30)21(11-28)39-27)7-16-15(12-37-26(16)33)6-14-9-19(35-2)22(29)20(10-14)36-3/h4-5,8-10,15-16,21,23-25,27-32H,6-7,11-12H2,1-3H3/t15-,16+,21?,23?,24?,25?,27?/m0/s1. The molecule has 0 amide bonds. The van der Waals surface area contributed by atoms with Crippen molar-refractivity contribution in [3.05, 3.63) is 41.5 Å². The molecule has 0 spiro atoms. The van der Waals surface area contributed by atoms with Crippen molar-refractivity contribution in [1.29, 1.82) is 0 Å². The van der Waals surface area contributed by atoms with Crippen LogP contribution in [-0.4, -0.2) is 96.8 Å². The van der Waals surface area contributed by atoms with Crippen molar-refractivity contribution in [1.82, 2.24) is 0 Å². The minimum absolute atomic E-state index is 0.0998. The minimum atomic E-state index is -1.58. The van der Waals surface area contributed by atoms with Crippen molar-refractivity contribution in [2.24, 2.45) is 11.8 Å². The van der Waals surface area contributed by atoms with Gasteiger partial charge in [0.05, 0.1) is 40.5 Å². The van der Waals surface area contributed by atoms with Crippen LogP contribution in [0.15, 0.2) is 30.3 Å². The summed E-state index contributed by atoms with van der Waals surface area (Å²) in [6.45, 7) is -0.340. The van der Waals surface area contributed by atoms with Crippen molar-refractivity contribution in [3.63, 3.8) is 0 Å². The fraction of sp³-hybridized carbons (Fsp3) is 0.519. The number of hydrogen-bond donors (Lipinski definition) is 5. The van der Waals surface area contributed by atoms with E-state index in [9.17, 15) is 30.3 Å². The second kappa shape index (κ2) is 12.3. The van der Waals surface area contributed by atoms with E-state index in [4.69, 9.17) is 28.4 Å². The van der Waals surface area contributed by atoms with Crippen molar-refractivity contribution < 1.29 is 58.7 Å². The van der Waals surface area contributed by atoms with Crippen LogP contribution in [0.5, 0.6) is 28.7 Å². The van der Waals surface area contributed by atoms with Gasteiger partial charge in [-0.3, -0.25) is 4.79 Å². The monoisotopic (exact) mass is 550 g/mol. The first-order valence-corrected chi connectivity index (χ1v) is 12.4. The topological polar surface area (TPSA) is 174 Å². The van der Waals surface area contributed by atoms with Gasteiger partial charge in [0.1, 0.15) is 24.4 Å². The summed E-state index contributed by atoms with van der Waals surface area (Å²) in [6.07, 6.45) is -6.29. The maximum absolute atomic E-state index is 12.6. The molecule has 4 rings (SSSR count). The lowest BCUT2D eigenvalue weighted by Crippen LogP contribution is -2.60. The van der Waals surface area contributed by atoms with Gasteiger partial charge in [0.25, 0.3) is 0 Å². The molecular weight excluding hydrogens is 516 g/mol. The highest BCUT2D eigenvalue weighted by molar-refractivity contribution is 5.75. The van der Waals surface area contributed by atoms with E-state index in [0.29, 0.717) is 18.6 Å². The quantitative estimate of drug-likeness (QED) is 0.254. The van der Waals surface area contributed by atoms with Crippen LogP contribution in [0.2, 0.25) is 0 Å². The summed E-state index contributed by atoms with van der Waals surface area (Å²) in [6, 6.07) is 8.41. The summed E-state index contributed by atoms with van der Waals surface area (Å²) >= 11 is 0. The van der Waals surface area contributed by atoms with E-state index in [-0.39, 0.29) is 41.5 Å². The van der Waals surface area contributed by atoms with Gasteiger partial charge in [-0.25, -0.2) is 0 Å². The molecule has 0 aromatic heterocycles. The lowest BCUT2D eigenvalue weighted by molar-refractivity contribution is -0.277. The molecule has 12 nitrogen and oxygen atoms in total. The number of aliphatic hydroxyl groups excluding tert-OH is 4. The molecule has 5 N–H and O–H groups in total. The third-order valence-electron chi connectivity index (χ3n) is 7.12. The molecule has 2 aliphatic heterocycles. The molecule has 0 saturated carbocycles. The Morgan fingerprint density at radius 1 is 0.846 bits per heavy atom. The van der Waals surface area contributed by atoms with Crippen LogP contribution in [0, 0.1) is 11.8 Å². The Hall–Kier alpha value is -3.29. The zero-order chi connectivity index (χ0) is 28.3. The molecule has 0 aliphatic carbocycles. The largest absolute Gasteiger partial charge is 0.502 e. The third kappa shape index (κ3) is 5.99. The number of rotatable bonds is 10. The highest BCUT2D eigenvalue weighted by Crippen LogP contribution is 2.39. The lowest BCUT2D eigenvalue weighted by Gasteiger charge is -2.39. The summed E-state index contributed by atoms with van der Waals surface area (Å²) < 4.78 is 32.4. The normalized spacial score (nSPS) is 28.6. The van der Waals surface area contributed by atoms with E-state index in [1.807, 2.05) is 0 Å². The number of phenolic OH excluding ortho intramolecular Hbond substituents is 1. The Labute approximate surface area is 225 Å². The number of methoxy groups -OCH3 is 3. The van der Waals surface area contributed by atoms with Gasteiger partial charge in [-0.15, -0.1) is 0 Å². The van der Waals surface area contributed by atoms with Crippen molar-refractivity contribution in [3.8, 4) is 28.7 Å². The minimum Gasteiger partial charge on any atom is -0.502 e. The zero-order valence-corrected chi connectivity index (χ0v) is 21.9. The lowest BCUT2D eigenvalue weighted by atomic mass is 9.85. The molecular formula is C27H34O12. The number of carbonyl (C=O) groups excluding carboxylic acids is 1. The predicted octanol–water partition coefficient (Wildman–Crippen LogP) is 0.171. The van der Waals surface area contributed by atoms with Crippen molar-refractivity contribution in [2.45, 2.75) is 43.5 Å². The number of cyclic esters (lactones) is 1. The molecule has 2 saturated heterocycles. The van der Waals surface area contributed by atoms with Crippen LogP contribution < -0.4 is 18.9 Å². The SMILES string of the molecule is COc1cc(C[C@H]2C(=O)OC[C@@H]2Cc2cc(OC)c(O)c(OC)c2)ccc1OC1OC(CO)C(O)C(O)C1O. The van der Waals surface area contributed by atoms with Gasteiger partial charge in [0.15, 0.2) is 23.0 Å². The molecule has 0 bridgehead atoms. The second-order valence-electron chi connectivity index (χ2n) is 9.55. The number of esters is 1. The highest BCUT2D eigenvalue weighted by Gasteiger charge is 2.45. The number of aliphatic hydroxyl groups is 4. The van der Waals surface area contributed by atoms with E-state index in [0.717, 1.165) is 11.1 Å². The van der Waals surface area contributed by atoms with Gasteiger partial charge >= 0.3 is 5.97 Å². The summed E-state index contributed by atoms with van der Waals surface area (Å²) in [4.78, 5) is 12.6. The van der Waals surface area contributed by atoms with E-state index < -0.39 is 43.2 Å². The first kappa shape index (κ1) is 28.7. The van der Waals surface area contributed by atoms with E-state index >= 15 is 0 Å². The van der Waals surface area contributed by atoms with E-state index in [1.54, 1.807) is 30.3 Å². The number of phenols is 1. The van der Waals surface area contributed by atoms with Crippen LogP contribution in [0.3, 0.4) is 0 Å². The molecule has 12 heteroatoms. The Balaban J connectivity index is 1.49. The Bertz CT molecular complexity index is 1130. The van der Waals surface area contributed by atoms with E-state index in [2.05, 4.69) is 0 Å². The number of aromatic hydroxyl groups is 1. The predicted molar refractivity (Wildman–Crippen MR) is 134 cm³/mol. The van der Waals surface area contributed by atoms with Gasteiger partial charge in [0, 0.05) is 5.92 Å². The molecule has 2 fully saturated rings. The Morgan fingerprint density at radius 2 is 1.49 bits per heavy atom. The van der Waals surface area contributed by atoms with Gasteiger partial charge < -0.3 is 54.0 Å². The van der Waals surface area contributed by atoms with Crippen LogP contribution in [0.1, 0.15) is 11.1 Å². The van der Waals surface area contributed by atoms with Gasteiger partial charge in [0.2, 0.25) is 12.0 Å². The fourth-order valence-electron chi connectivity index (χ4n) is 4.90. The number of ether oxygens (including phenoxy) is 6. The molecule has 0 radical (unpaired) electrons.